The Balaban J connectivity index is 1.61. The summed E-state index contributed by atoms with van der Waals surface area (Å²) in [6.45, 7) is 5.54. The molecule has 6 heteroatoms. The number of carbonyl (C=O) groups is 1. The van der Waals surface area contributed by atoms with Gasteiger partial charge in [0.05, 0.1) is 24.2 Å². The van der Waals surface area contributed by atoms with Crippen molar-refractivity contribution in [3.8, 4) is 5.75 Å². The molecule has 1 heterocycles. The van der Waals surface area contributed by atoms with Crippen molar-refractivity contribution in [1.82, 2.24) is 14.5 Å². The van der Waals surface area contributed by atoms with E-state index < -0.39 is 0 Å². The number of aryl methyl sites for hydroxylation is 2. The highest BCUT2D eigenvalue weighted by molar-refractivity contribution is 6.31. The van der Waals surface area contributed by atoms with Crippen molar-refractivity contribution in [2.75, 3.05) is 13.7 Å². The Morgan fingerprint density at radius 3 is 2.75 bits per heavy atom. The fraction of sp³-hybridized carbons (Fsp3) is 0.364. The van der Waals surface area contributed by atoms with Crippen LogP contribution in [-0.4, -0.2) is 34.0 Å². The number of hydrogen-bond donors (Lipinski definition) is 0. The van der Waals surface area contributed by atoms with E-state index in [2.05, 4.69) is 10.6 Å². The summed E-state index contributed by atoms with van der Waals surface area (Å²) in [6, 6.07) is 13.8. The van der Waals surface area contributed by atoms with E-state index in [0.717, 1.165) is 52.6 Å². The van der Waals surface area contributed by atoms with E-state index in [1.54, 1.807) is 18.9 Å². The first-order chi connectivity index (χ1) is 13.5. The smallest absolute Gasteiger partial charge is 0.219 e. The average molecular weight is 400 g/mol. The van der Waals surface area contributed by atoms with E-state index >= 15 is 0 Å². The van der Waals surface area contributed by atoms with Crippen molar-refractivity contribution in [3.05, 3.63) is 58.9 Å². The summed E-state index contributed by atoms with van der Waals surface area (Å²) < 4.78 is 8.05. The number of rotatable bonds is 8. The standard InChI is InChI=1S/C22H26ClN3O2/c1-16-14-18(10-11-19(16)23)28-13-7-6-12-26-21-9-5-4-8-20(21)24-22(26)15-25(3)17(2)27/h4-5,8-11,14H,6-7,12-13,15H2,1-3H3. The molecule has 0 saturated heterocycles. The third kappa shape index (κ3) is 4.84. The third-order valence-corrected chi connectivity index (χ3v) is 5.25. The molecule has 0 spiro atoms. The SMILES string of the molecule is CC(=O)N(C)Cc1nc2ccccc2n1CCCCOc1ccc(Cl)c(C)c1. The lowest BCUT2D eigenvalue weighted by molar-refractivity contribution is -0.128. The Morgan fingerprint density at radius 2 is 2.00 bits per heavy atom. The highest BCUT2D eigenvalue weighted by Gasteiger charge is 2.13. The van der Waals surface area contributed by atoms with Crippen molar-refractivity contribution in [3.63, 3.8) is 0 Å². The van der Waals surface area contributed by atoms with Gasteiger partial charge < -0.3 is 14.2 Å². The van der Waals surface area contributed by atoms with Crippen LogP contribution in [0.15, 0.2) is 42.5 Å². The number of carbonyl (C=O) groups excluding carboxylic acids is 1. The van der Waals surface area contributed by atoms with Crippen LogP contribution in [0.25, 0.3) is 11.0 Å². The van der Waals surface area contributed by atoms with Gasteiger partial charge in [0, 0.05) is 25.5 Å². The maximum atomic E-state index is 11.6. The first-order valence-corrected chi connectivity index (χ1v) is 9.88. The minimum Gasteiger partial charge on any atom is -0.494 e. The highest BCUT2D eigenvalue weighted by Crippen LogP contribution is 2.22. The van der Waals surface area contributed by atoms with Crippen LogP contribution in [0.4, 0.5) is 0 Å². The summed E-state index contributed by atoms with van der Waals surface area (Å²) in [5, 5.41) is 0.752. The Morgan fingerprint density at radius 1 is 1.21 bits per heavy atom. The summed E-state index contributed by atoms with van der Waals surface area (Å²) in [4.78, 5) is 18.0. The van der Waals surface area contributed by atoms with Gasteiger partial charge in [-0.05, 0) is 55.7 Å². The van der Waals surface area contributed by atoms with Crippen LogP contribution in [-0.2, 0) is 17.9 Å². The molecule has 0 saturated carbocycles. The summed E-state index contributed by atoms with van der Waals surface area (Å²) in [5.41, 5.74) is 3.08. The molecular weight excluding hydrogens is 374 g/mol. The molecule has 3 aromatic rings. The molecule has 0 aliphatic heterocycles. The predicted octanol–water partition coefficient (Wildman–Crippen LogP) is 4.84. The molecule has 0 aliphatic rings. The van der Waals surface area contributed by atoms with Gasteiger partial charge in [-0.1, -0.05) is 23.7 Å². The minimum atomic E-state index is 0.0327. The molecule has 2 aromatic carbocycles. The van der Waals surface area contributed by atoms with Gasteiger partial charge in [0.25, 0.3) is 0 Å². The fourth-order valence-corrected chi connectivity index (χ4v) is 3.21. The molecule has 1 amide bonds. The number of hydrogen-bond acceptors (Lipinski definition) is 3. The number of nitrogens with zero attached hydrogens (tertiary/aromatic N) is 3. The van der Waals surface area contributed by atoms with Gasteiger partial charge in [0.15, 0.2) is 0 Å². The van der Waals surface area contributed by atoms with Crippen LogP contribution >= 0.6 is 11.6 Å². The number of benzene rings is 2. The number of para-hydroxylation sites is 2. The zero-order valence-corrected chi connectivity index (χ0v) is 17.4. The lowest BCUT2D eigenvalue weighted by atomic mass is 10.2. The highest BCUT2D eigenvalue weighted by atomic mass is 35.5. The molecule has 0 radical (unpaired) electrons. The normalized spacial score (nSPS) is 11.0. The molecule has 0 N–H and O–H groups in total. The van der Waals surface area contributed by atoms with Gasteiger partial charge in [0.1, 0.15) is 11.6 Å². The van der Waals surface area contributed by atoms with Crippen LogP contribution in [0, 0.1) is 6.92 Å². The first-order valence-electron chi connectivity index (χ1n) is 9.50. The minimum absolute atomic E-state index is 0.0327. The van der Waals surface area contributed by atoms with Crippen LogP contribution < -0.4 is 4.74 Å². The van der Waals surface area contributed by atoms with Gasteiger partial charge in [0.2, 0.25) is 5.91 Å². The third-order valence-electron chi connectivity index (χ3n) is 4.82. The number of ether oxygens (including phenoxy) is 1. The van der Waals surface area contributed by atoms with Crippen molar-refractivity contribution in [2.45, 2.75) is 39.8 Å². The fourth-order valence-electron chi connectivity index (χ4n) is 3.09. The lowest BCUT2D eigenvalue weighted by Gasteiger charge is -2.16. The maximum absolute atomic E-state index is 11.6. The largest absolute Gasteiger partial charge is 0.494 e. The number of aromatic nitrogens is 2. The number of halogens is 1. The number of amides is 1. The summed E-state index contributed by atoms with van der Waals surface area (Å²) >= 11 is 6.05. The second-order valence-corrected chi connectivity index (χ2v) is 7.42. The van der Waals surface area contributed by atoms with E-state index in [-0.39, 0.29) is 5.91 Å². The number of imidazole rings is 1. The van der Waals surface area contributed by atoms with E-state index in [1.165, 1.54) is 0 Å². The van der Waals surface area contributed by atoms with Gasteiger partial charge in [-0.2, -0.15) is 0 Å². The van der Waals surface area contributed by atoms with E-state index in [9.17, 15) is 4.79 Å². The zero-order chi connectivity index (χ0) is 20.1. The maximum Gasteiger partial charge on any atom is 0.219 e. The first kappa shape index (κ1) is 20.2. The Labute approximate surface area is 170 Å². The van der Waals surface area contributed by atoms with E-state index in [4.69, 9.17) is 21.3 Å². The lowest BCUT2D eigenvalue weighted by Crippen LogP contribution is -2.25. The quantitative estimate of drug-likeness (QED) is 0.509. The molecule has 0 bridgehead atoms. The van der Waals surface area contributed by atoms with Crippen molar-refractivity contribution in [1.29, 1.82) is 0 Å². The van der Waals surface area contributed by atoms with Gasteiger partial charge in [-0.25, -0.2) is 4.98 Å². The Hall–Kier alpha value is -2.53. The van der Waals surface area contributed by atoms with E-state index in [0.29, 0.717) is 13.2 Å². The van der Waals surface area contributed by atoms with Gasteiger partial charge >= 0.3 is 0 Å². The van der Waals surface area contributed by atoms with Crippen molar-refractivity contribution >= 4 is 28.5 Å². The van der Waals surface area contributed by atoms with Crippen molar-refractivity contribution < 1.29 is 9.53 Å². The molecule has 0 fully saturated rings. The van der Waals surface area contributed by atoms with E-state index in [1.807, 2.05) is 43.3 Å². The molecule has 3 rings (SSSR count). The molecule has 5 nitrogen and oxygen atoms in total. The van der Waals surface area contributed by atoms with Crippen molar-refractivity contribution in [2.24, 2.45) is 0 Å². The van der Waals surface area contributed by atoms with Crippen LogP contribution in [0.2, 0.25) is 5.02 Å². The molecule has 1 aromatic heterocycles. The number of fused-ring (bicyclic) bond motifs is 1. The molecule has 0 unspecified atom stereocenters. The Bertz CT molecular complexity index is 968. The average Bonchev–Trinajstić information content (AvgIpc) is 3.01. The molecule has 28 heavy (non-hydrogen) atoms. The van der Waals surface area contributed by atoms with Gasteiger partial charge in [-0.3, -0.25) is 4.79 Å². The molecule has 148 valence electrons. The monoisotopic (exact) mass is 399 g/mol. The second kappa shape index (κ2) is 9.11. The second-order valence-electron chi connectivity index (χ2n) is 7.01. The van der Waals surface area contributed by atoms with Crippen LogP contribution in [0.3, 0.4) is 0 Å². The van der Waals surface area contributed by atoms with Gasteiger partial charge in [-0.15, -0.1) is 0 Å². The molecular formula is C22H26ClN3O2. The molecule has 0 aliphatic carbocycles. The zero-order valence-electron chi connectivity index (χ0n) is 16.6. The topological polar surface area (TPSA) is 47.4 Å². The van der Waals surface area contributed by atoms with Crippen LogP contribution in [0.5, 0.6) is 5.75 Å². The Kier molecular flexibility index (Phi) is 6.57. The summed E-state index contributed by atoms with van der Waals surface area (Å²) in [7, 11) is 1.80. The van der Waals surface area contributed by atoms with Crippen LogP contribution in [0.1, 0.15) is 31.2 Å². The predicted molar refractivity (Wildman–Crippen MR) is 113 cm³/mol. The molecule has 0 atom stereocenters. The number of unbranched alkanes of at least 4 members (excludes halogenated alkanes) is 1. The summed E-state index contributed by atoms with van der Waals surface area (Å²) in [6.07, 6.45) is 1.89. The summed E-state index contributed by atoms with van der Waals surface area (Å²) in [5.74, 6) is 1.79.